The van der Waals surface area contributed by atoms with Crippen LogP contribution < -0.4 is 0 Å². The highest BCUT2D eigenvalue weighted by Gasteiger charge is 2.48. The summed E-state index contributed by atoms with van der Waals surface area (Å²) in [5.41, 5.74) is 1.18. The van der Waals surface area contributed by atoms with Crippen molar-refractivity contribution in [2.24, 2.45) is 0 Å². The lowest BCUT2D eigenvalue weighted by molar-refractivity contribution is 0.566. The third-order valence-corrected chi connectivity index (χ3v) is 7.17. The fourth-order valence-electron chi connectivity index (χ4n) is 1.80. The predicted octanol–water partition coefficient (Wildman–Crippen LogP) is 3.57. The number of thioether (sulfide) groups is 1. The van der Waals surface area contributed by atoms with Crippen molar-refractivity contribution < 1.29 is 8.42 Å². The van der Waals surface area contributed by atoms with Gasteiger partial charge in [0.15, 0.2) is 9.84 Å². The first-order valence-electron chi connectivity index (χ1n) is 5.89. The van der Waals surface area contributed by atoms with Crippen molar-refractivity contribution in [2.45, 2.75) is 36.0 Å². The Kier molecular flexibility index (Phi) is 3.36. The molecule has 0 saturated carbocycles. The normalized spacial score (nSPS) is 23.7. The molecule has 0 N–H and O–H groups in total. The molecular weight excluding hydrogens is 264 g/mol. The van der Waals surface area contributed by atoms with E-state index in [1.54, 1.807) is 32.5 Å². The van der Waals surface area contributed by atoms with Crippen LogP contribution in [0.3, 0.4) is 0 Å². The van der Waals surface area contributed by atoms with Crippen LogP contribution in [0.2, 0.25) is 0 Å². The molecule has 1 saturated heterocycles. The first kappa shape index (κ1) is 13.7. The van der Waals surface area contributed by atoms with Gasteiger partial charge in [-0.1, -0.05) is 36.9 Å². The van der Waals surface area contributed by atoms with Crippen LogP contribution in [0, 0.1) is 0 Å². The van der Waals surface area contributed by atoms with Gasteiger partial charge in [-0.05, 0) is 26.3 Å². The number of hydrogen-bond acceptors (Lipinski definition) is 3. The summed E-state index contributed by atoms with van der Waals surface area (Å²) in [6.07, 6.45) is 0. The molecule has 98 valence electrons. The molecule has 0 bridgehead atoms. The second-order valence-corrected chi connectivity index (χ2v) is 9.51. The predicted molar refractivity (Wildman–Crippen MR) is 78.4 cm³/mol. The second kappa shape index (κ2) is 4.42. The van der Waals surface area contributed by atoms with Crippen LogP contribution in [0.1, 0.15) is 31.6 Å². The van der Waals surface area contributed by atoms with E-state index in [0.717, 1.165) is 0 Å². The van der Waals surface area contributed by atoms with E-state index in [-0.39, 0.29) is 10.5 Å². The van der Waals surface area contributed by atoms with Gasteiger partial charge in [-0.2, -0.15) is 0 Å². The highest BCUT2D eigenvalue weighted by Crippen LogP contribution is 2.59. The molecule has 2 nitrogen and oxygen atoms in total. The number of rotatable bonds is 3. The Bertz CT molecular complexity index is 553. The average Bonchev–Trinajstić information content (AvgIpc) is 3.07. The van der Waals surface area contributed by atoms with Gasteiger partial charge in [-0.15, -0.1) is 11.8 Å². The monoisotopic (exact) mass is 282 g/mol. The highest BCUT2D eigenvalue weighted by atomic mass is 32.2. The summed E-state index contributed by atoms with van der Waals surface area (Å²) in [6.45, 7) is 8.98. The Labute approximate surface area is 113 Å². The lowest BCUT2D eigenvalue weighted by Gasteiger charge is -2.20. The fourth-order valence-corrected chi connectivity index (χ4v) is 4.67. The summed E-state index contributed by atoms with van der Waals surface area (Å²) in [5.74, 6) is 0. The van der Waals surface area contributed by atoms with E-state index in [1.807, 2.05) is 30.3 Å². The molecule has 2 unspecified atom stereocenters. The molecule has 1 aromatic rings. The van der Waals surface area contributed by atoms with E-state index in [1.165, 1.54) is 5.56 Å². The van der Waals surface area contributed by atoms with Crippen molar-refractivity contribution in [1.29, 1.82) is 0 Å². The molecule has 0 aliphatic carbocycles. The molecular formula is C14H18O2S2. The first-order valence-corrected chi connectivity index (χ1v) is 8.31. The fraction of sp³-hybridized carbons (Fsp3) is 0.429. The van der Waals surface area contributed by atoms with Gasteiger partial charge in [0, 0.05) is 5.25 Å². The molecule has 1 fully saturated rings. The topological polar surface area (TPSA) is 34.1 Å². The smallest absolute Gasteiger partial charge is 0.180 e. The third-order valence-electron chi connectivity index (χ3n) is 3.09. The van der Waals surface area contributed by atoms with Crippen LogP contribution in [0.4, 0.5) is 0 Å². The molecule has 0 amide bonds. The molecule has 0 aromatic heterocycles. The molecule has 4 heteroatoms. The Morgan fingerprint density at radius 3 is 2.28 bits per heavy atom. The molecule has 2 atom stereocenters. The van der Waals surface area contributed by atoms with E-state index < -0.39 is 14.6 Å². The second-order valence-electron chi connectivity index (χ2n) is 5.47. The minimum atomic E-state index is -3.27. The Morgan fingerprint density at radius 1 is 1.22 bits per heavy atom. The summed E-state index contributed by atoms with van der Waals surface area (Å²) in [6, 6.07) is 9.99. The van der Waals surface area contributed by atoms with E-state index >= 15 is 0 Å². The van der Waals surface area contributed by atoms with Gasteiger partial charge in [0.25, 0.3) is 0 Å². The van der Waals surface area contributed by atoms with Crippen molar-refractivity contribution >= 4 is 21.6 Å². The van der Waals surface area contributed by atoms with Crippen LogP contribution >= 0.6 is 11.8 Å². The lowest BCUT2D eigenvalue weighted by atomic mass is 10.1. The van der Waals surface area contributed by atoms with Crippen LogP contribution in [0.25, 0.3) is 0 Å². The first-order chi connectivity index (χ1) is 8.25. The van der Waals surface area contributed by atoms with Gasteiger partial charge in [0.05, 0.1) is 14.9 Å². The minimum absolute atomic E-state index is 0.0108. The maximum Gasteiger partial charge on any atom is 0.180 e. The van der Waals surface area contributed by atoms with Crippen molar-refractivity contribution in [3.63, 3.8) is 0 Å². The number of hydrogen-bond donors (Lipinski definition) is 0. The summed E-state index contributed by atoms with van der Waals surface area (Å²) >= 11 is 1.66. The van der Waals surface area contributed by atoms with Crippen molar-refractivity contribution in [3.8, 4) is 0 Å². The van der Waals surface area contributed by atoms with Crippen molar-refractivity contribution in [1.82, 2.24) is 0 Å². The zero-order chi connectivity index (χ0) is 13.6. The maximum atomic E-state index is 12.3. The van der Waals surface area contributed by atoms with E-state index in [4.69, 9.17) is 0 Å². The summed E-state index contributed by atoms with van der Waals surface area (Å²) < 4.78 is 23.8. The molecule has 1 aromatic carbocycles. The van der Waals surface area contributed by atoms with Gasteiger partial charge in [0.1, 0.15) is 0 Å². The Balaban J connectivity index is 2.16. The van der Waals surface area contributed by atoms with Gasteiger partial charge < -0.3 is 0 Å². The van der Waals surface area contributed by atoms with Gasteiger partial charge in [-0.25, -0.2) is 8.42 Å². The molecule has 1 heterocycles. The minimum Gasteiger partial charge on any atom is -0.223 e. The maximum absolute atomic E-state index is 12.3. The van der Waals surface area contributed by atoms with Crippen LogP contribution in [0.5, 0.6) is 0 Å². The van der Waals surface area contributed by atoms with E-state index in [9.17, 15) is 8.42 Å². The van der Waals surface area contributed by atoms with Crippen LogP contribution in [-0.2, 0) is 9.84 Å². The molecule has 0 spiro atoms. The van der Waals surface area contributed by atoms with Crippen molar-refractivity contribution in [3.05, 3.63) is 47.4 Å². The molecule has 1 aliphatic heterocycles. The van der Waals surface area contributed by atoms with Gasteiger partial charge in [0.2, 0.25) is 0 Å². The summed E-state index contributed by atoms with van der Waals surface area (Å²) in [7, 11) is -3.27. The quantitative estimate of drug-likeness (QED) is 0.795. The third kappa shape index (κ3) is 2.36. The SMILES string of the molecule is C=C(C1SC1c1ccccc1)S(=O)(=O)C(C)(C)C. The molecule has 2 rings (SSSR count). The zero-order valence-corrected chi connectivity index (χ0v) is 12.5. The van der Waals surface area contributed by atoms with Gasteiger partial charge >= 0.3 is 0 Å². The van der Waals surface area contributed by atoms with E-state index in [0.29, 0.717) is 4.91 Å². The largest absolute Gasteiger partial charge is 0.223 e. The Morgan fingerprint density at radius 2 is 1.78 bits per heavy atom. The standard InChI is InChI=1S/C14H18O2S2/c1-10(18(15,16)14(2,3)4)12-13(17-12)11-8-6-5-7-9-11/h5-9,12-13H,1H2,2-4H3. The molecule has 0 radical (unpaired) electrons. The average molecular weight is 282 g/mol. The van der Waals surface area contributed by atoms with Crippen LogP contribution in [-0.4, -0.2) is 18.4 Å². The highest BCUT2D eigenvalue weighted by molar-refractivity contribution is 8.09. The molecule has 18 heavy (non-hydrogen) atoms. The van der Waals surface area contributed by atoms with E-state index in [2.05, 4.69) is 6.58 Å². The summed E-state index contributed by atoms with van der Waals surface area (Å²) in [5, 5.41) is 0.257. The van der Waals surface area contributed by atoms with Gasteiger partial charge in [-0.3, -0.25) is 0 Å². The number of sulfone groups is 1. The zero-order valence-electron chi connectivity index (χ0n) is 10.9. The van der Waals surface area contributed by atoms with Crippen LogP contribution in [0.15, 0.2) is 41.8 Å². The summed E-state index contributed by atoms with van der Waals surface area (Å²) in [4.78, 5) is 0.369. The molecule has 1 aliphatic rings. The lowest BCUT2D eigenvalue weighted by Crippen LogP contribution is -2.30. The number of benzene rings is 1. The Hall–Kier alpha value is -0.740. The van der Waals surface area contributed by atoms with Crippen molar-refractivity contribution in [2.75, 3.05) is 0 Å².